The van der Waals surface area contributed by atoms with Gasteiger partial charge in [0.15, 0.2) is 0 Å². The molecule has 0 spiro atoms. The summed E-state index contributed by atoms with van der Waals surface area (Å²) in [4.78, 5) is 48.4. The number of anilines is 2. The maximum absolute atomic E-state index is 12.6. The van der Waals surface area contributed by atoms with Crippen LogP contribution < -0.4 is 10.6 Å². The van der Waals surface area contributed by atoms with Crippen LogP contribution in [0, 0.1) is 0 Å². The van der Waals surface area contributed by atoms with E-state index in [1.54, 1.807) is 43.3 Å². The monoisotopic (exact) mass is 542 g/mol. The summed E-state index contributed by atoms with van der Waals surface area (Å²) in [5.41, 5.74) is 0.314. The zero-order valence-electron chi connectivity index (χ0n) is 17.7. The molecule has 34 heavy (non-hydrogen) atoms. The van der Waals surface area contributed by atoms with Crippen LogP contribution in [-0.4, -0.2) is 39.2 Å². The van der Waals surface area contributed by atoms with E-state index in [1.165, 1.54) is 17.8 Å². The Morgan fingerprint density at radius 1 is 0.794 bits per heavy atom. The topological polar surface area (TPSA) is 133 Å². The summed E-state index contributed by atoms with van der Waals surface area (Å²) in [5.74, 6) is -3.54. The zero-order valence-corrected chi connectivity index (χ0v) is 20.1. The summed E-state index contributed by atoms with van der Waals surface area (Å²) in [7, 11) is 0. The average Bonchev–Trinajstić information content (AvgIpc) is 2.81. The zero-order chi connectivity index (χ0) is 24.8. The molecule has 0 fully saturated rings. The van der Waals surface area contributed by atoms with Crippen molar-refractivity contribution < 1.29 is 29.4 Å². The fourth-order valence-electron chi connectivity index (χ4n) is 2.90. The number of carboxylic acids is 2. The molecule has 4 N–H and O–H groups in total. The number of hydrogen-bond acceptors (Lipinski definition) is 5. The lowest BCUT2D eigenvalue weighted by atomic mass is 10.0. The summed E-state index contributed by atoms with van der Waals surface area (Å²) in [6, 6.07) is 17.3. The van der Waals surface area contributed by atoms with E-state index in [2.05, 4.69) is 26.6 Å². The van der Waals surface area contributed by atoms with Gasteiger partial charge >= 0.3 is 11.9 Å². The average molecular weight is 543 g/mol. The maximum Gasteiger partial charge on any atom is 0.336 e. The number of hydrogen-bond donors (Lipinski definition) is 4. The smallest absolute Gasteiger partial charge is 0.336 e. The fraction of sp³-hybridized carbons (Fsp3) is 0.0833. The van der Waals surface area contributed by atoms with Crippen molar-refractivity contribution in [3.8, 4) is 0 Å². The van der Waals surface area contributed by atoms with Gasteiger partial charge in [0.1, 0.15) is 0 Å². The van der Waals surface area contributed by atoms with Crippen LogP contribution in [-0.2, 0) is 4.79 Å². The first kappa shape index (κ1) is 25.0. The lowest BCUT2D eigenvalue weighted by Gasteiger charge is -2.13. The molecule has 0 heterocycles. The fourth-order valence-corrected chi connectivity index (χ4v) is 4.03. The number of carbonyl (C=O) groups excluding carboxylic acids is 2. The molecule has 8 nitrogen and oxygen atoms in total. The molecule has 174 valence electrons. The molecular formula is C24H19BrN2O6S. The van der Waals surface area contributed by atoms with Crippen molar-refractivity contribution in [1.82, 2.24) is 0 Å². The Balaban J connectivity index is 1.64. The minimum Gasteiger partial charge on any atom is -0.478 e. The molecule has 2 amide bonds. The number of aromatic carboxylic acids is 2. The number of halogens is 1. The van der Waals surface area contributed by atoms with Crippen molar-refractivity contribution in [2.75, 3.05) is 10.6 Å². The number of nitrogens with one attached hydrogen (secondary N) is 2. The van der Waals surface area contributed by atoms with Crippen molar-refractivity contribution in [2.24, 2.45) is 0 Å². The highest BCUT2D eigenvalue weighted by Gasteiger charge is 2.19. The van der Waals surface area contributed by atoms with Gasteiger partial charge in [0.25, 0.3) is 5.91 Å². The second kappa shape index (κ2) is 11.0. The Morgan fingerprint density at radius 2 is 1.38 bits per heavy atom. The third-order valence-electron chi connectivity index (χ3n) is 4.65. The van der Waals surface area contributed by atoms with E-state index in [-0.39, 0.29) is 22.3 Å². The van der Waals surface area contributed by atoms with Gasteiger partial charge in [0, 0.05) is 20.7 Å². The van der Waals surface area contributed by atoms with Gasteiger partial charge in [0.05, 0.1) is 21.9 Å². The maximum atomic E-state index is 12.6. The molecule has 3 aromatic rings. The first-order chi connectivity index (χ1) is 16.1. The minimum atomic E-state index is -1.41. The van der Waals surface area contributed by atoms with E-state index in [1.807, 2.05) is 12.1 Å². The van der Waals surface area contributed by atoms with Crippen LogP contribution in [0.25, 0.3) is 0 Å². The molecule has 3 rings (SSSR count). The van der Waals surface area contributed by atoms with Crippen molar-refractivity contribution in [3.63, 3.8) is 0 Å². The van der Waals surface area contributed by atoms with Gasteiger partial charge in [0.2, 0.25) is 5.91 Å². The van der Waals surface area contributed by atoms with Gasteiger partial charge in [-0.1, -0.05) is 15.9 Å². The Kier molecular flexibility index (Phi) is 8.08. The van der Waals surface area contributed by atoms with Crippen LogP contribution in [0.15, 0.2) is 76.1 Å². The molecule has 1 unspecified atom stereocenters. The van der Waals surface area contributed by atoms with E-state index >= 15 is 0 Å². The number of rotatable bonds is 8. The van der Waals surface area contributed by atoms with Crippen LogP contribution in [0.5, 0.6) is 0 Å². The molecule has 0 aliphatic carbocycles. The molecule has 0 bridgehead atoms. The Bertz CT molecular complexity index is 1250. The molecule has 0 saturated heterocycles. The predicted molar refractivity (Wildman–Crippen MR) is 133 cm³/mol. The lowest BCUT2D eigenvalue weighted by molar-refractivity contribution is -0.115. The highest BCUT2D eigenvalue weighted by atomic mass is 79.9. The number of benzene rings is 3. The van der Waals surface area contributed by atoms with E-state index in [0.717, 1.165) is 21.5 Å². The lowest BCUT2D eigenvalue weighted by Crippen LogP contribution is -2.22. The summed E-state index contributed by atoms with van der Waals surface area (Å²) in [5, 5.41) is 23.5. The standard InChI is InChI=1S/C24H19BrN2O6S/c1-13(21(28)26-16-5-3-15(25)4-6-16)34-18-9-7-17(8-10-18)27-22(29)19-11-2-14(23(30)31)12-20(19)24(32)33/h2-13H,1H3,(H,26,28)(H,27,29)(H,30,31)(H,32,33). The number of thioether (sulfide) groups is 1. The summed E-state index contributed by atoms with van der Waals surface area (Å²) >= 11 is 4.69. The van der Waals surface area contributed by atoms with E-state index < -0.39 is 23.4 Å². The Morgan fingerprint density at radius 3 is 1.97 bits per heavy atom. The molecule has 0 saturated carbocycles. The summed E-state index contributed by atoms with van der Waals surface area (Å²) in [6.07, 6.45) is 0. The molecular weight excluding hydrogens is 524 g/mol. The molecule has 0 aromatic heterocycles. The van der Waals surface area contributed by atoms with Crippen LogP contribution in [0.3, 0.4) is 0 Å². The van der Waals surface area contributed by atoms with Gasteiger partial charge in [-0.25, -0.2) is 9.59 Å². The van der Waals surface area contributed by atoms with Crippen LogP contribution in [0.2, 0.25) is 0 Å². The third kappa shape index (κ3) is 6.46. The van der Waals surface area contributed by atoms with Crippen LogP contribution in [0.4, 0.5) is 11.4 Å². The SMILES string of the molecule is CC(Sc1ccc(NC(=O)c2ccc(C(=O)O)cc2C(=O)O)cc1)C(=O)Nc1ccc(Br)cc1. The van der Waals surface area contributed by atoms with Crippen LogP contribution >= 0.6 is 27.7 Å². The summed E-state index contributed by atoms with van der Waals surface area (Å²) in [6.45, 7) is 1.78. The molecule has 3 aromatic carbocycles. The van der Waals surface area contributed by atoms with Crippen molar-refractivity contribution in [3.05, 3.63) is 87.9 Å². The second-order valence-corrected chi connectivity index (χ2v) is 9.44. The highest BCUT2D eigenvalue weighted by molar-refractivity contribution is 9.10. The molecule has 10 heteroatoms. The highest BCUT2D eigenvalue weighted by Crippen LogP contribution is 2.26. The molecule has 0 aliphatic rings. The molecule has 0 radical (unpaired) electrons. The van der Waals surface area contributed by atoms with Crippen LogP contribution in [0.1, 0.15) is 38.0 Å². The molecule has 1 atom stereocenters. The predicted octanol–water partition coefficient (Wildman–Crippen LogP) is 5.22. The Labute approximate surface area is 207 Å². The first-order valence-electron chi connectivity index (χ1n) is 9.89. The van der Waals surface area contributed by atoms with Crippen molar-refractivity contribution >= 4 is 62.8 Å². The number of carboxylic acid groups (broad SMARTS) is 2. The first-order valence-corrected chi connectivity index (χ1v) is 11.6. The second-order valence-electron chi connectivity index (χ2n) is 7.11. The van der Waals surface area contributed by atoms with Gasteiger partial charge in [-0.15, -0.1) is 11.8 Å². The number of carbonyl (C=O) groups is 4. The third-order valence-corrected chi connectivity index (χ3v) is 6.29. The largest absolute Gasteiger partial charge is 0.478 e. The molecule has 0 aliphatic heterocycles. The van der Waals surface area contributed by atoms with Gasteiger partial charge in [-0.2, -0.15) is 0 Å². The van der Waals surface area contributed by atoms with Crippen molar-refractivity contribution in [2.45, 2.75) is 17.1 Å². The van der Waals surface area contributed by atoms with Gasteiger partial charge < -0.3 is 20.8 Å². The van der Waals surface area contributed by atoms with E-state index in [0.29, 0.717) is 11.4 Å². The minimum absolute atomic E-state index is 0.157. The van der Waals surface area contributed by atoms with Gasteiger partial charge in [-0.05, 0) is 73.7 Å². The normalized spacial score (nSPS) is 11.4. The van der Waals surface area contributed by atoms with Gasteiger partial charge in [-0.3, -0.25) is 9.59 Å². The van der Waals surface area contributed by atoms with E-state index in [4.69, 9.17) is 5.11 Å². The van der Waals surface area contributed by atoms with Crippen molar-refractivity contribution in [1.29, 1.82) is 0 Å². The summed E-state index contributed by atoms with van der Waals surface area (Å²) < 4.78 is 0.913. The Hall–Kier alpha value is -3.63. The number of amides is 2. The quantitative estimate of drug-likeness (QED) is 0.287. The van der Waals surface area contributed by atoms with E-state index in [9.17, 15) is 24.3 Å².